The molecule has 1 aliphatic heterocycles. The number of benzene rings is 2. The van der Waals surface area contributed by atoms with Gasteiger partial charge in [-0.1, -0.05) is 34.5 Å². The third-order valence-electron chi connectivity index (χ3n) is 3.23. The zero-order valence-electron chi connectivity index (χ0n) is 11.4. The molecule has 1 heterocycles. The largest absolute Gasteiger partial charge is 0.278 e. The molecule has 2 nitrogen and oxygen atoms in total. The molecule has 1 aliphatic rings. The van der Waals surface area contributed by atoms with E-state index in [9.17, 15) is 0 Å². The molecular formula is C16H14BrClN2S. The first-order chi connectivity index (χ1) is 10.1. The topological polar surface area (TPSA) is 24.4 Å². The van der Waals surface area contributed by atoms with E-state index < -0.39 is 0 Å². The molecule has 0 unspecified atom stereocenters. The van der Waals surface area contributed by atoms with E-state index in [1.54, 1.807) is 0 Å². The minimum Gasteiger partial charge on any atom is -0.278 e. The van der Waals surface area contributed by atoms with Gasteiger partial charge in [-0.05, 0) is 42.5 Å². The molecule has 0 saturated carbocycles. The monoisotopic (exact) mass is 380 g/mol. The van der Waals surface area contributed by atoms with Crippen LogP contribution in [0.5, 0.6) is 0 Å². The summed E-state index contributed by atoms with van der Waals surface area (Å²) in [6, 6.07) is 14.0. The third-order valence-corrected chi connectivity index (χ3v) is 5.17. The lowest BCUT2D eigenvalue weighted by molar-refractivity contribution is 0.988. The summed E-state index contributed by atoms with van der Waals surface area (Å²) in [7, 11) is 0. The zero-order valence-corrected chi connectivity index (χ0v) is 14.6. The molecule has 2 aromatic rings. The van der Waals surface area contributed by atoms with Crippen molar-refractivity contribution in [1.29, 1.82) is 0 Å². The SMILES string of the molecule is C[C@H]1C/C(=N/Nc2ccc(Br)cc2)c2cc(Cl)ccc2S1. The van der Waals surface area contributed by atoms with Crippen LogP contribution in [0.4, 0.5) is 5.69 Å². The molecule has 1 N–H and O–H groups in total. The van der Waals surface area contributed by atoms with Crippen LogP contribution in [0.3, 0.4) is 0 Å². The van der Waals surface area contributed by atoms with Gasteiger partial charge in [-0.3, -0.25) is 5.43 Å². The molecule has 5 heteroatoms. The Hall–Kier alpha value is -0.970. The second kappa shape index (κ2) is 6.42. The predicted octanol–water partition coefficient (Wildman–Crippen LogP) is 5.80. The Labute approximate surface area is 142 Å². The van der Waals surface area contributed by atoms with E-state index in [4.69, 9.17) is 11.6 Å². The third kappa shape index (κ3) is 3.62. The maximum atomic E-state index is 6.12. The van der Waals surface area contributed by atoms with Gasteiger partial charge in [-0.2, -0.15) is 5.10 Å². The van der Waals surface area contributed by atoms with Crippen molar-refractivity contribution in [1.82, 2.24) is 0 Å². The second-order valence-corrected chi connectivity index (χ2v) is 7.78. The number of hydrogen-bond acceptors (Lipinski definition) is 3. The minimum atomic E-state index is 0.518. The minimum absolute atomic E-state index is 0.518. The molecule has 2 aromatic carbocycles. The molecule has 3 rings (SSSR count). The summed E-state index contributed by atoms with van der Waals surface area (Å²) in [6.07, 6.45) is 0.932. The summed E-state index contributed by atoms with van der Waals surface area (Å²) in [6.45, 7) is 2.22. The summed E-state index contributed by atoms with van der Waals surface area (Å²) in [5, 5.41) is 5.86. The number of hydrazone groups is 1. The molecule has 0 fully saturated rings. The van der Waals surface area contributed by atoms with E-state index in [2.05, 4.69) is 39.4 Å². The van der Waals surface area contributed by atoms with Gasteiger partial charge in [0, 0.05) is 31.6 Å². The maximum Gasteiger partial charge on any atom is 0.0702 e. The van der Waals surface area contributed by atoms with E-state index in [0.29, 0.717) is 5.25 Å². The maximum absolute atomic E-state index is 6.12. The average Bonchev–Trinajstić information content (AvgIpc) is 2.47. The Morgan fingerprint density at radius 3 is 2.76 bits per heavy atom. The van der Waals surface area contributed by atoms with Crippen molar-refractivity contribution in [2.45, 2.75) is 23.5 Å². The smallest absolute Gasteiger partial charge is 0.0702 e. The van der Waals surface area contributed by atoms with Crippen molar-refractivity contribution in [3.8, 4) is 0 Å². The van der Waals surface area contributed by atoms with Crippen molar-refractivity contribution < 1.29 is 0 Å². The summed E-state index contributed by atoms with van der Waals surface area (Å²) < 4.78 is 1.06. The normalized spacial score (nSPS) is 19.4. The Kier molecular flexibility index (Phi) is 4.57. The number of nitrogens with one attached hydrogen (secondary N) is 1. The standard InChI is InChI=1S/C16H14BrClN2S/c1-10-8-15(14-9-12(18)4-7-16(14)21-10)20-19-13-5-2-11(17)3-6-13/h2-7,9-10,19H,8H2,1H3/b20-15-/t10-/m0/s1. The van der Waals surface area contributed by atoms with E-state index in [1.807, 2.05) is 48.2 Å². The van der Waals surface area contributed by atoms with Crippen LogP contribution < -0.4 is 5.43 Å². The Morgan fingerprint density at radius 1 is 1.24 bits per heavy atom. The van der Waals surface area contributed by atoms with Gasteiger partial charge < -0.3 is 0 Å². The Balaban J connectivity index is 1.89. The van der Waals surface area contributed by atoms with E-state index in [0.717, 1.165) is 32.9 Å². The molecule has 0 bridgehead atoms. The molecule has 0 spiro atoms. The Bertz CT molecular complexity index is 685. The first kappa shape index (κ1) is 14.9. The van der Waals surface area contributed by atoms with Gasteiger partial charge in [0.25, 0.3) is 0 Å². The van der Waals surface area contributed by atoms with Gasteiger partial charge in [0.1, 0.15) is 0 Å². The highest BCUT2D eigenvalue weighted by molar-refractivity contribution is 9.10. The first-order valence-electron chi connectivity index (χ1n) is 6.66. The van der Waals surface area contributed by atoms with Crippen LogP contribution >= 0.6 is 39.3 Å². The van der Waals surface area contributed by atoms with Crippen molar-refractivity contribution in [2.24, 2.45) is 5.10 Å². The fraction of sp³-hybridized carbons (Fsp3) is 0.188. The Morgan fingerprint density at radius 2 is 2.00 bits per heavy atom. The highest BCUT2D eigenvalue weighted by Crippen LogP contribution is 2.36. The lowest BCUT2D eigenvalue weighted by Crippen LogP contribution is -2.17. The van der Waals surface area contributed by atoms with Crippen molar-refractivity contribution >= 4 is 50.7 Å². The summed E-state index contributed by atoms with van der Waals surface area (Å²) in [5.74, 6) is 0. The van der Waals surface area contributed by atoms with Gasteiger partial charge in [0.15, 0.2) is 0 Å². The van der Waals surface area contributed by atoms with E-state index in [-0.39, 0.29) is 0 Å². The average molecular weight is 382 g/mol. The number of hydrogen-bond donors (Lipinski definition) is 1. The number of thioether (sulfide) groups is 1. The van der Waals surface area contributed by atoms with Gasteiger partial charge in [-0.25, -0.2) is 0 Å². The quantitative estimate of drug-likeness (QED) is 0.664. The highest BCUT2D eigenvalue weighted by Gasteiger charge is 2.21. The molecule has 1 atom stereocenters. The van der Waals surface area contributed by atoms with Gasteiger partial charge in [-0.15, -0.1) is 11.8 Å². The summed E-state index contributed by atoms with van der Waals surface area (Å²) >= 11 is 11.4. The van der Waals surface area contributed by atoms with Crippen LogP contribution in [0.2, 0.25) is 5.02 Å². The molecular weight excluding hydrogens is 368 g/mol. The number of anilines is 1. The van der Waals surface area contributed by atoms with Crippen molar-refractivity contribution in [3.05, 3.63) is 57.5 Å². The van der Waals surface area contributed by atoms with Gasteiger partial charge in [0.2, 0.25) is 0 Å². The first-order valence-corrected chi connectivity index (χ1v) is 8.71. The predicted molar refractivity (Wildman–Crippen MR) is 95.7 cm³/mol. The summed E-state index contributed by atoms with van der Waals surface area (Å²) in [5.41, 5.74) is 6.30. The zero-order chi connectivity index (χ0) is 14.8. The highest BCUT2D eigenvalue weighted by atomic mass is 79.9. The molecule has 0 aliphatic carbocycles. The lowest BCUT2D eigenvalue weighted by atomic mass is 10.1. The summed E-state index contributed by atoms with van der Waals surface area (Å²) in [4.78, 5) is 1.24. The molecule has 0 amide bonds. The second-order valence-electron chi connectivity index (χ2n) is 4.95. The number of halogens is 2. The van der Waals surface area contributed by atoms with E-state index in [1.165, 1.54) is 4.90 Å². The molecule has 0 radical (unpaired) electrons. The van der Waals surface area contributed by atoms with Crippen LogP contribution in [0.1, 0.15) is 18.9 Å². The van der Waals surface area contributed by atoms with Crippen LogP contribution in [0.15, 0.2) is 56.9 Å². The number of fused-ring (bicyclic) bond motifs is 1. The molecule has 0 aromatic heterocycles. The van der Waals surface area contributed by atoms with Gasteiger partial charge >= 0.3 is 0 Å². The molecule has 108 valence electrons. The number of nitrogens with zero attached hydrogens (tertiary/aromatic N) is 1. The van der Waals surface area contributed by atoms with Crippen LogP contribution in [-0.4, -0.2) is 11.0 Å². The molecule has 0 saturated heterocycles. The van der Waals surface area contributed by atoms with Crippen molar-refractivity contribution in [3.63, 3.8) is 0 Å². The van der Waals surface area contributed by atoms with Gasteiger partial charge in [0.05, 0.1) is 11.4 Å². The fourth-order valence-corrected chi connectivity index (χ4v) is 3.79. The van der Waals surface area contributed by atoms with Crippen LogP contribution in [0.25, 0.3) is 0 Å². The number of rotatable bonds is 2. The molecule has 21 heavy (non-hydrogen) atoms. The lowest BCUT2D eigenvalue weighted by Gasteiger charge is -2.22. The van der Waals surface area contributed by atoms with Crippen LogP contribution in [0, 0.1) is 0 Å². The van der Waals surface area contributed by atoms with E-state index >= 15 is 0 Å². The van der Waals surface area contributed by atoms with Crippen molar-refractivity contribution in [2.75, 3.05) is 5.43 Å². The fourth-order valence-electron chi connectivity index (χ4n) is 2.23. The van der Waals surface area contributed by atoms with Crippen LogP contribution in [-0.2, 0) is 0 Å².